The van der Waals surface area contributed by atoms with Crippen molar-refractivity contribution in [3.63, 3.8) is 0 Å². The van der Waals surface area contributed by atoms with E-state index in [0.29, 0.717) is 6.29 Å². The van der Waals surface area contributed by atoms with Crippen LogP contribution < -0.4 is 10.1 Å². The van der Waals surface area contributed by atoms with Crippen LogP contribution in [-0.2, 0) is 6.61 Å². The van der Waals surface area contributed by atoms with Gasteiger partial charge in [0.15, 0.2) is 6.29 Å². The Labute approximate surface area is 161 Å². The Kier molecular flexibility index (Phi) is 5.69. The van der Waals surface area contributed by atoms with Crippen LogP contribution in [0.1, 0.15) is 35.8 Å². The molecule has 0 saturated carbocycles. The minimum Gasteiger partial charge on any atom is -0.488 e. The molecular weight excluding hydrogens is 360 g/mol. The molecular formula is C20H20N4O4. The number of ether oxygens (including phenoxy) is 1. The summed E-state index contributed by atoms with van der Waals surface area (Å²) >= 11 is 0. The van der Waals surface area contributed by atoms with Crippen molar-refractivity contribution in [2.45, 2.75) is 26.5 Å². The molecule has 0 fully saturated rings. The topological polar surface area (TPSA) is 106 Å². The van der Waals surface area contributed by atoms with Crippen molar-refractivity contribution in [2.24, 2.45) is 0 Å². The van der Waals surface area contributed by atoms with Crippen molar-refractivity contribution < 1.29 is 19.4 Å². The Morgan fingerprint density at radius 3 is 2.79 bits per heavy atom. The van der Waals surface area contributed by atoms with Crippen molar-refractivity contribution in [3.8, 4) is 17.1 Å². The first kappa shape index (κ1) is 19.1. The number of benzene rings is 1. The Balaban J connectivity index is 1.90. The van der Waals surface area contributed by atoms with Crippen LogP contribution in [0.15, 0.2) is 48.8 Å². The highest BCUT2D eigenvalue weighted by Crippen LogP contribution is 2.28. The molecule has 2 heterocycles. The molecule has 144 valence electrons. The van der Waals surface area contributed by atoms with Gasteiger partial charge in [-0.2, -0.15) is 5.10 Å². The van der Waals surface area contributed by atoms with Crippen molar-refractivity contribution in [1.29, 1.82) is 0 Å². The van der Waals surface area contributed by atoms with Crippen LogP contribution in [0.5, 0.6) is 5.75 Å². The first-order chi connectivity index (χ1) is 13.5. The summed E-state index contributed by atoms with van der Waals surface area (Å²) in [7, 11) is 0. The number of carboxylic acid groups (broad SMARTS) is 1. The predicted octanol–water partition coefficient (Wildman–Crippen LogP) is 4.01. The number of hydrogen-bond acceptors (Lipinski definition) is 5. The Bertz CT molecular complexity index is 997. The largest absolute Gasteiger partial charge is 0.488 e. The second kappa shape index (κ2) is 8.34. The molecule has 0 aliphatic heterocycles. The quantitative estimate of drug-likeness (QED) is 0.600. The fourth-order valence-corrected chi connectivity index (χ4v) is 2.87. The van der Waals surface area contributed by atoms with Crippen molar-refractivity contribution >= 4 is 18.1 Å². The summed E-state index contributed by atoms with van der Waals surface area (Å²) in [5, 5.41) is 15.5. The van der Waals surface area contributed by atoms with Crippen molar-refractivity contribution in [3.05, 3.63) is 59.9 Å². The third kappa shape index (κ3) is 4.01. The third-order valence-corrected chi connectivity index (χ3v) is 4.10. The first-order valence-electron chi connectivity index (χ1n) is 8.70. The number of nitrogens with zero attached hydrogens (tertiary/aromatic N) is 3. The lowest BCUT2D eigenvalue weighted by atomic mass is 10.1. The lowest BCUT2D eigenvalue weighted by molar-refractivity contribution is 0.112. The van der Waals surface area contributed by atoms with E-state index in [1.165, 1.54) is 6.07 Å². The molecule has 0 aliphatic rings. The van der Waals surface area contributed by atoms with Crippen molar-refractivity contribution in [1.82, 2.24) is 14.8 Å². The monoisotopic (exact) mass is 380 g/mol. The van der Waals surface area contributed by atoms with Gasteiger partial charge in [-0.15, -0.1) is 0 Å². The summed E-state index contributed by atoms with van der Waals surface area (Å²) in [6.45, 7) is 4.23. The number of pyridine rings is 1. The van der Waals surface area contributed by atoms with E-state index in [2.05, 4.69) is 15.4 Å². The van der Waals surface area contributed by atoms with Crippen molar-refractivity contribution in [2.75, 3.05) is 5.32 Å². The first-order valence-corrected chi connectivity index (χ1v) is 8.70. The summed E-state index contributed by atoms with van der Waals surface area (Å²) in [5.74, 6) is 0.286. The van der Waals surface area contributed by atoms with Crippen LogP contribution in [0.4, 0.5) is 10.5 Å². The van der Waals surface area contributed by atoms with E-state index in [-0.39, 0.29) is 29.6 Å². The number of nitrogens with one attached hydrogen (secondary N) is 1. The average molecular weight is 380 g/mol. The van der Waals surface area contributed by atoms with E-state index in [4.69, 9.17) is 9.84 Å². The summed E-state index contributed by atoms with van der Waals surface area (Å²) < 4.78 is 7.72. The number of amides is 1. The van der Waals surface area contributed by atoms with E-state index in [9.17, 15) is 9.59 Å². The maximum atomic E-state index is 11.5. The van der Waals surface area contributed by atoms with Gasteiger partial charge in [0.1, 0.15) is 12.4 Å². The van der Waals surface area contributed by atoms with Gasteiger partial charge in [0.2, 0.25) is 0 Å². The molecule has 0 unspecified atom stereocenters. The zero-order valence-electron chi connectivity index (χ0n) is 15.5. The Morgan fingerprint density at radius 1 is 1.25 bits per heavy atom. The molecule has 3 aromatic rings. The third-order valence-electron chi connectivity index (χ3n) is 4.10. The summed E-state index contributed by atoms with van der Waals surface area (Å²) in [6, 6.07) is 10.5. The van der Waals surface area contributed by atoms with Gasteiger partial charge in [-0.05, 0) is 38.1 Å². The molecule has 3 rings (SSSR count). The van der Waals surface area contributed by atoms with Gasteiger partial charge in [0.05, 0.1) is 22.6 Å². The molecule has 2 aromatic heterocycles. The number of carbonyl (C=O) groups excluding carboxylic acids is 1. The number of anilines is 1. The van der Waals surface area contributed by atoms with Crippen LogP contribution >= 0.6 is 0 Å². The Hall–Kier alpha value is -3.68. The van der Waals surface area contributed by atoms with Gasteiger partial charge in [-0.25, -0.2) is 4.79 Å². The zero-order chi connectivity index (χ0) is 20.1. The molecule has 0 saturated heterocycles. The SMILES string of the molecule is CC(C)n1nccc1-c1ncccc1COc1cccc(NC(=O)O)c1C=O. The molecule has 1 aromatic carbocycles. The van der Waals surface area contributed by atoms with Gasteiger partial charge in [-0.1, -0.05) is 12.1 Å². The molecule has 0 radical (unpaired) electrons. The number of carbonyl (C=O) groups is 2. The van der Waals surface area contributed by atoms with Crippen LogP contribution in [0.2, 0.25) is 0 Å². The van der Waals surface area contributed by atoms with E-state index < -0.39 is 6.09 Å². The molecule has 0 aliphatic carbocycles. The summed E-state index contributed by atoms with van der Waals surface area (Å²) in [5.41, 5.74) is 2.73. The lowest BCUT2D eigenvalue weighted by Gasteiger charge is -2.15. The van der Waals surface area contributed by atoms with Crippen LogP contribution in [0, 0.1) is 0 Å². The van der Waals surface area contributed by atoms with E-state index in [0.717, 1.165) is 17.0 Å². The fraction of sp³-hybridized carbons (Fsp3) is 0.200. The minimum absolute atomic E-state index is 0.141. The van der Waals surface area contributed by atoms with E-state index in [1.54, 1.807) is 30.6 Å². The number of aromatic nitrogens is 3. The van der Waals surface area contributed by atoms with Gasteiger partial charge in [0.25, 0.3) is 0 Å². The highest BCUT2D eigenvalue weighted by molar-refractivity contribution is 5.94. The molecule has 8 heteroatoms. The Morgan fingerprint density at radius 2 is 2.07 bits per heavy atom. The van der Waals surface area contributed by atoms with Gasteiger partial charge in [-0.3, -0.25) is 19.8 Å². The molecule has 0 spiro atoms. The number of rotatable bonds is 7. The van der Waals surface area contributed by atoms with Gasteiger partial charge >= 0.3 is 6.09 Å². The second-order valence-corrected chi connectivity index (χ2v) is 6.32. The van der Waals surface area contributed by atoms with E-state index in [1.807, 2.05) is 30.7 Å². The van der Waals surface area contributed by atoms with Gasteiger partial charge < -0.3 is 9.84 Å². The maximum Gasteiger partial charge on any atom is 0.409 e. The fourth-order valence-electron chi connectivity index (χ4n) is 2.87. The number of hydrogen-bond donors (Lipinski definition) is 2. The van der Waals surface area contributed by atoms with E-state index >= 15 is 0 Å². The zero-order valence-corrected chi connectivity index (χ0v) is 15.5. The highest BCUT2D eigenvalue weighted by atomic mass is 16.5. The minimum atomic E-state index is -1.25. The molecule has 2 N–H and O–H groups in total. The normalized spacial score (nSPS) is 10.7. The average Bonchev–Trinajstić information content (AvgIpc) is 3.16. The predicted molar refractivity (Wildman–Crippen MR) is 104 cm³/mol. The summed E-state index contributed by atoms with van der Waals surface area (Å²) in [4.78, 5) is 26.9. The standard InChI is InChI=1S/C20H20N4O4/c1-13(2)24-17(8-10-22-24)19-14(5-4-9-21-19)12-28-18-7-3-6-16(15(18)11-25)23-20(26)27/h3-11,13,23H,12H2,1-2H3,(H,26,27). The smallest absolute Gasteiger partial charge is 0.409 e. The van der Waals surface area contributed by atoms with Crippen LogP contribution in [0.3, 0.4) is 0 Å². The lowest BCUT2D eigenvalue weighted by Crippen LogP contribution is -2.10. The molecule has 0 atom stereocenters. The summed E-state index contributed by atoms with van der Waals surface area (Å²) in [6.07, 6.45) is 2.74. The van der Waals surface area contributed by atoms with Gasteiger partial charge in [0, 0.05) is 24.0 Å². The van der Waals surface area contributed by atoms with Crippen LogP contribution in [0.25, 0.3) is 11.4 Å². The molecule has 0 bridgehead atoms. The maximum absolute atomic E-state index is 11.5. The highest BCUT2D eigenvalue weighted by Gasteiger charge is 2.15. The molecule has 8 nitrogen and oxygen atoms in total. The van der Waals surface area contributed by atoms with Crippen LogP contribution in [-0.4, -0.2) is 32.3 Å². The number of aldehydes is 1. The molecule has 1 amide bonds. The molecule has 28 heavy (non-hydrogen) atoms. The second-order valence-electron chi connectivity index (χ2n) is 6.32.